The molecule has 2 atom stereocenters. The van der Waals surface area contributed by atoms with E-state index in [9.17, 15) is 5.11 Å². The van der Waals surface area contributed by atoms with E-state index in [1.165, 1.54) is 0 Å². The molecule has 0 aromatic carbocycles. The number of piperidine rings is 1. The third-order valence-electron chi connectivity index (χ3n) is 2.46. The van der Waals surface area contributed by atoms with E-state index in [4.69, 9.17) is 4.74 Å². The van der Waals surface area contributed by atoms with Crippen LogP contribution in [0.25, 0.3) is 0 Å². The fourth-order valence-electron chi connectivity index (χ4n) is 1.74. The summed E-state index contributed by atoms with van der Waals surface area (Å²) < 4.78 is 5.09. The summed E-state index contributed by atoms with van der Waals surface area (Å²) in [7, 11) is 0. The molecule has 3 nitrogen and oxygen atoms in total. The third-order valence-corrected chi connectivity index (χ3v) is 2.46. The topological polar surface area (TPSA) is 44.8 Å². The number of β-amino-alcohol motifs (C(OH)–C–C–N with tert-alkyl or cyclic N) is 1. The van der Waals surface area contributed by atoms with Crippen molar-refractivity contribution in [2.45, 2.75) is 31.0 Å². The van der Waals surface area contributed by atoms with Gasteiger partial charge in [-0.1, -0.05) is 0 Å². The van der Waals surface area contributed by atoms with Crippen LogP contribution in [0, 0.1) is 0 Å². The molecule has 2 N–H and O–H groups in total. The van der Waals surface area contributed by atoms with Crippen LogP contribution in [0.5, 0.6) is 0 Å². The van der Waals surface area contributed by atoms with Gasteiger partial charge in [0.2, 0.25) is 0 Å². The minimum Gasteiger partial charge on any atom is -0.388 e. The van der Waals surface area contributed by atoms with E-state index in [-0.39, 0.29) is 0 Å². The monoisotopic (exact) mass is 157 g/mol. The van der Waals surface area contributed by atoms with Gasteiger partial charge < -0.3 is 15.2 Å². The van der Waals surface area contributed by atoms with Gasteiger partial charge in [-0.25, -0.2) is 0 Å². The highest BCUT2D eigenvalue weighted by atomic mass is 16.6. The predicted molar refractivity (Wildman–Crippen MR) is 41.4 cm³/mol. The molecule has 2 rings (SSSR count). The summed E-state index contributed by atoms with van der Waals surface area (Å²) in [4.78, 5) is 0. The minimum absolute atomic E-state index is 0.347. The molecule has 0 aromatic rings. The lowest BCUT2D eigenvalue weighted by Gasteiger charge is -2.32. The normalized spacial score (nSPS) is 43.9. The smallest absolute Gasteiger partial charge is 0.0837 e. The summed E-state index contributed by atoms with van der Waals surface area (Å²) in [5.74, 6) is 0. The van der Waals surface area contributed by atoms with Crippen LogP contribution in [0.1, 0.15) is 19.3 Å². The van der Waals surface area contributed by atoms with Gasteiger partial charge in [-0.2, -0.15) is 0 Å². The largest absolute Gasteiger partial charge is 0.388 e. The van der Waals surface area contributed by atoms with Gasteiger partial charge >= 0.3 is 0 Å². The highest BCUT2D eigenvalue weighted by molar-refractivity contribution is 4.90. The van der Waals surface area contributed by atoms with Crippen LogP contribution in [0.3, 0.4) is 0 Å². The number of aliphatic hydroxyl groups is 1. The van der Waals surface area contributed by atoms with E-state index in [2.05, 4.69) is 5.32 Å². The van der Waals surface area contributed by atoms with Gasteiger partial charge in [0.05, 0.1) is 18.3 Å². The zero-order chi connectivity index (χ0) is 7.73. The summed E-state index contributed by atoms with van der Waals surface area (Å²) in [6.45, 7) is 2.64. The lowest BCUT2D eigenvalue weighted by atomic mass is 9.90. The van der Waals surface area contributed by atoms with Crippen LogP contribution >= 0.6 is 0 Å². The molecule has 0 bridgehead atoms. The van der Waals surface area contributed by atoms with E-state index < -0.39 is 5.60 Å². The molecule has 2 heterocycles. The fourth-order valence-corrected chi connectivity index (χ4v) is 1.74. The van der Waals surface area contributed by atoms with Crippen molar-refractivity contribution in [2.24, 2.45) is 0 Å². The van der Waals surface area contributed by atoms with Gasteiger partial charge in [0, 0.05) is 13.0 Å². The zero-order valence-corrected chi connectivity index (χ0v) is 6.68. The SMILES string of the molecule is O[C@]1(CC2CO2)CCCNC1. The summed E-state index contributed by atoms with van der Waals surface area (Å²) >= 11 is 0. The van der Waals surface area contributed by atoms with Crippen LogP contribution < -0.4 is 5.32 Å². The predicted octanol–water partition coefficient (Wildman–Crippen LogP) is -0.110. The third kappa shape index (κ3) is 1.92. The van der Waals surface area contributed by atoms with E-state index in [1.807, 2.05) is 0 Å². The molecule has 2 aliphatic heterocycles. The highest BCUT2D eigenvalue weighted by Gasteiger charge is 2.36. The lowest BCUT2D eigenvalue weighted by molar-refractivity contribution is 0.00247. The molecule has 0 spiro atoms. The molecule has 3 heteroatoms. The first-order valence-electron chi connectivity index (χ1n) is 4.33. The second-order valence-electron chi connectivity index (χ2n) is 3.66. The van der Waals surface area contributed by atoms with Crippen molar-refractivity contribution in [3.8, 4) is 0 Å². The van der Waals surface area contributed by atoms with Gasteiger partial charge in [-0.15, -0.1) is 0 Å². The van der Waals surface area contributed by atoms with Crippen LogP contribution in [0.15, 0.2) is 0 Å². The summed E-state index contributed by atoms with van der Waals surface area (Å²) in [6, 6.07) is 0. The molecule has 2 fully saturated rings. The highest BCUT2D eigenvalue weighted by Crippen LogP contribution is 2.27. The Bertz CT molecular complexity index is 139. The zero-order valence-electron chi connectivity index (χ0n) is 6.68. The molecule has 2 aliphatic rings. The van der Waals surface area contributed by atoms with Crippen LogP contribution in [-0.4, -0.2) is 36.5 Å². The number of epoxide rings is 1. The number of rotatable bonds is 2. The lowest BCUT2D eigenvalue weighted by Crippen LogP contribution is -2.46. The van der Waals surface area contributed by atoms with E-state index >= 15 is 0 Å². The maximum absolute atomic E-state index is 9.94. The Morgan fingerprint density at radius 1 is 1.64 bits per heavy atom. The van der Waals surface area contributed by atoms with Crippen molar-refractivity contribution in [3.05, 3.63) is 0 Å². The molecular weight excluding hydrogens is 142 g/mol. The Morgan fingerprint density at radius 3 is 3.00 bits per heavy atom. The fraction of sp³-hybridized carbons (Fsp3) is 1.00. The average Bonchev–Trinajstić information content (AvgIpc) is 2.72. The molecule has 64 valence electrons. The van der Waals surface area contributed by atoms with E-state index in [0.29, 0.717) is 6.10 Å². The molecule has 0 aromatic heterocycles. The van der Waals surface area contributed by atoms with Crippen molar-refractivity contribution in [1.82, 2.24) is 5.32 Å². The first-order valence-corrected chi connectivity index (χ1v) is 4.33. The Morgan fingerprint density at radius 2 is 2.45 bits per heavy atom. The first-order chi connectivity index (χ1) is 5.29. The van der Waals surface area contributed by atoms with Crippen LogP contribution in [0.4, 0.5) is 0 Å². The quantitative estimate of drug-likeness (QED) is 0.550. The molecular formula is C8H15NO2. The van der Waals surface area contributed by atoms with E-state index in [1.54, 1.807) is 0 Å². The molecule has 1 unspecified atom stereocenters. The molecule has 0 saturated carbocycles. The van der Waals surface area contributed by atoms with Crippen molar-refractivity contribution >= 4 is 0 Å². The van der Waals surface area contributed by atoms with Crippen LogP contribution in [-0.2, 0) is 4.74 Å². The summed E-state index contributed by atoms with van der Waals surface area (Å²) in [5.41, 5.74) is -0.473. The van der Waals surface area contributed by atoms with Gasteiger partial charge in [-0.05, 0) is 19.4 Å². The van der Waals surface area contributed by atoms with Gasteiger partial charge in [0.25, 0.3) is 0 Å². The van der Waals surface area contributed by atoms with Crippen molar-refractivity contribution in [3.63, 3.8) is 0 Å². The number of hydrogen-bond donors (Lipinski definition) is 2. The molecule has 0 aliphatic carbocycles. The van der Waals surface area contributed by atoms with Crippen LogP contribution in [0.2, 0.25) is 0 Å². The number of ether oxygens (including phenoxy) is 1. The summed E-state index contributed by atoms with van der Waals surface area (Å²) in [5, 5.41) is 13.1. The Balaban J connectivity index is 1.84. The molecule has 0 radical (unpaired) electrons. The Hall–Kier alpha value is -0.120. The standard InChI is InChI=1S/C8H15NO2/c10-8(4-7-5-11-7)2-1-3-9-6-8/h7,9-10H,1-6H2/t7?,8-/m0/s1. The molecule has 2 saturated heterocycles. The molecule has 11 heavy (non-hydrogen) atoms. The van der Waals surface area contributed by atoms with Gasteiger partial charge in [-0.3, -0.25) is 0 Å². The number of hydrogen-bond acceptors (Lipinski definition) is 3. The van der Waals surface area contributed by atoms with Gasteiger partial charge in [0.1, 0.15) is 0 Å². The minimum atomic E-state index is -0.473. The molecule has 0 amide bonds. The van der Waals surface area contributed by atoms with E-state index in [0.717, 1.165) is 39.0 Å². The second-order valence-corrected chi connectivity index (χ2v) is 3.66. The van der Waals surface area contributed by atoms with Crippen molar-refractivity contribution in [2.75, 3.05) is 19.7 Å². The van der Waals surface area contributed by atoms with Crippen molar-refractivity contribution < 1.29 is 9.84 Å². The Labute approximate surface area is 66.7 Å². The average molecular weight is 157 g/mol. The maximum atomic E-state index is 9.94. The maximum Gasteiger partial charge on any atom is 0.0837 e. The Kier molecular flexibility index (Phi) is 1.87. The van der Waals surface area contributed by atoms with Crippen molar-refractivity contribution in [1.29, 1.82) is 0 Å². The summed E-state index contributed by atoms with van der Waals surface area (Å²) in [6.07, 6.45) is 3.18. The first kappa shape index (κ1) is 7.53. The second kappa shape index (κ2) is 2.73. The number of nitrogens with one attached hydrogen (secondary N) is 1. The van der Waals surface area contributed by atoms with Gasteiger partial charge in [0.15, 0.2) is 0 Å².